The molecule has 2 aromatic carbocycles. The third-order valence-electron chi connectivity index (χ3n) is 5.14. The van der Waals surface area contributed by atoms with Crippen LogP contribution >= 0.6 is 0 Å². The Labute approximate surface area is 177 Å². The van der Waals surface area contributed by atoms with Crippen molar-refractivity contribution in [3.63, 3.8) is 0 Å². The average molecular weight is 442 g/mol. The molecule has 1 heterocycles. The van der Waals surface area contributed by atoms with Crippen LogP contribution in [0.1, 0.15) is 28.7 Å². The number of alkyl halides is 2. The fourth-order valence-electron chi connectivity index (χ4n) is 3.46. The summed E-state index contributed by atoms with van der Waals surface area (Å²) in [6.45, 7) is -0.849. The van der Waals surface area contributed by atoms with E-state index in [9.17, 15) is 33.6 Å². The second kappa shape index (κ2) is 10.4. The molecule has 3 rings (SSSR count). The van der Waals surface area contributed by atoms with Gasteiger partial charge in [0.1, 0.15) is 17.7 Å². The largest absolute Gasteiger partial charge is 0.462 e. The van der Waals surface area contributed by atoms with Crippen LogP contribution in [-0.4, -0.2) is 58.1 Å². The second-order valence-corrected chi connectivity index (χ2v) is 7.52. The summed E-state index contributed by atoms with van der Waals surface area (Å²) in [7, 11) is 0. The highest BCUT2D eigenvalue weighted by atomic mass is 19.3. The molecule has 4 N–H and O–H groups in total. The highest BCUT2D eigenvalue weighted by molar-refractivity contribution is 5.42. The van der Waals surface area contributed by atoms with E-state index < -0.39 is 50.1 Å². The maximum atomic E-state index is 14.8. The number of ether oxygens (including phenoxy) is 2. The quantitative estimate of drug-likeness (QED) is 0.499. The zero-order valence-electron chi connectivity index (χ0n) is 16.6. The molecule has 0 bridgehead atoms. The molecule has 1 fully saturated rings. The van der Waals surface area contributed by atoms with Crippen molar-refractivity contribution in [3.05, 3.63) is 64.5 Å². The third-order valence-corrected chi connectivity index (χ3v) is 5.14. The van der Waals surface area contributed by atoms with Gasteiger partial charge >= 0.3 is 0 Å². The number of aliphatic hydroxyl groups is 4. The summed E-state index contributed by atoms with van der Waals surface area (Å²) < 4.78 is 51.0. The Morgan fingerprint density at radius 3 is 2.32 bits per heavy atom. The van der Waals surface area contributed by atoms with Crippen LogP contribution in [0.25, 0.3) is 0 Å². The summed E-state index contributed by atoms with van der Waals surface area (Å²) >= 11 is 0. The minimum Gasteiger partial charge on any atom is -0.462 e. The molecule has 0 aromatic heterocycles. The predicted octanol–water partition coefficient (Wildman–Crippen LogP) is 1.92. The van der Waals surface area contributed by atoms with Crippen LogP contribution < -0.4 is 4.74 Å². The van der Waals surface area contributed by atoms with Crippen LogP contribution in [0, 0.1) is 5.82 Å². The summed E-state index contributed by atoms with van der Waals surface area (Å²) in [5.74, 6) is -0.668. The molecule has 0 radical (unpaired) electrons. The molecular weight excluding hydrogens is 417 g/mol. The molecule has 0 unspecified atom stereocenters. The predicted molar refractivity (Wildman–Crippen MR) is 104 cm³/mol. The molecule has 170 valence electrons. The van der Waals surface area contributed by atoms with E-state index in [-0.39, 0.29) is 36.1 Å². The number of benzene rings is 2. The topological polar surface area (TPSA) is 99.4 Å². The lowest BCUT2D eigenvalue weighted by atomic mass is 9.99. The number of hydrogen-bond donors (Lipinski definition) is 4. The number of rotatable bonds is 8. The normalized spacial score (nSPS) is 23.9. The Hall–Kier alpha value is -2.17. The van der Waals surface area contributed by atoms with Crippen LogP contribution in [0.15, 0.2) is 36.4 Å². The van der Waals surface area contributed by atoms with Gasteiger partial charge in [0.15, 0.2) is 0 Å². The Morgan fingerprint density at radius 1 is 1.03 bits per heavy atom. The first kappa shape index (κ1) is 23.5. The minimum atomic E-state index is -2.46. The van der Waals surface area contributed by atoms with E-state index in [0.717, 1.165) is 6.07 Å². The van der Waals surface area contributed by atoms with Crippen molar-refractivity contribution in [2.75, 3.05) is 6.61 Å². The van der Waals surface area contributed by atoms with Crippen molar-refractivity contribution in [1.82, 2.24) is 0 Å². The summed E-state index contributed by atoms with van der Waals surface area (Å²) in [6, 6.07) is 8.85. The van der Waals surface area contributed by atoms with E-state index in [1.807, 2.05) is 0 Å². The second-order valence-electron chi connectivity index (χ2n) is 7.52. The minimum absolute atomic E-state index is 0.00412. The fourth-order valence-corrected chi connectivity index (χ4v) is 3.46. The molecule has 4 atom stereocenters. The van der Waals surface area contributed by atoms with Gasteiger partial charge in [-0.2, -0.15) is 0 Å². The number of halogens is 3. The first-order valence-corrected chi connectivity index (χ1v) is 9.88. The molecule has 9 heteroatoms. The van der Waals surface area contributed by atoms with Crippen LogP contribution in [0.3, 0.4) is 0 Å². The average Bonchev–Trinajstić information content (AvgIpc) is 2.74. The first-order valence-electron chi connectivity index (χ1n) is 9.88. The molecular formula is C22H25F3O6. The van der Waals surface area contributed by atoms with Crippen LogP contribution in [0.5, 0.6) is 5.75 Å². The molecule has 0 saturated carbocycles. The molecule has 0 aliphatic carbocycles. The zero-order valence-corrected chi connectivity index (χ0v) is 16.6. The van der Waals surface area contributed by atoms with E-state index in [2.05, 4.69) is 0 Å². The molecule has 1 aliphatic rings. The lowest BCUT2D eigenvalue weighted by Gasteiger charge is -2.36. The highest BCUT2D eigenvalue weighted by Gasteiger charge is 2.38. The molecule has 1 saturated heterocycles. The van der Waals surface area contributed by atoms with Gasteiger partial charge in [-0.1, -0.05) is 24.3 Å². The molecule has 31 heavy (non-hydrogen) atoms. The molecule has 0 amide bonds. The van der Waals surface area contributed by atoms with Gasteiger partial charge < -0.3 is 29.9 Å². The molecule has 0 spiro atoms. The van der Waals surface area contributed by atoms with Crippen molar-refractivity contribution < 1.29 is 43.1 Å². The summed E-state index contributed by atoms with van der Waals surface area (Å²) in [5.41, 5.74) is 1.43. The summed E-state index contributed by atoms with van der Waals surface area (Å²) in [4.78, 5) is 0. The van der Waals surface area contributed by atoms with Crippen molar-refractivity contribution in [1.29, 1.82) is 0 Å². The Kier molecular flexibility index (Phi) is 7.90. The van der Waals surface area contributed by atoms with Gasteiger partial charge in [-0.05, 0) is 28.8 Å². The van der Waals surface area contributed by atoms with Gasteiger partial charge in [0, 0.05) is 24.8 Å². The Balaban J connectivity index is 1.86. The fraction of sp³-hybridized carbons (Fsp3) is 0.455. The summed E-state index contributed by atoms with van der Waals surface area (Å²) in [5, 5.41) is 38.9. The van der Waals surface area contributed by atoms with Crippen molar-refractivity contribution in [2.24, 2.45) is 0 Å². The van der Waals surface area contributed by atoms with E-state index in [1.165, 1.54) is 18.2 Å². The van der Waals surface area contributed by atoms with E-state index in [1.54, 1.807) is 12.1 Å². The van der Waals surface area contributed by atoms with Crippen molar-refractivity contribution >= 4 is 0 Å². The highest BCUT2D eigenvalue weighted by Crippen LogP contribution is 2.31. The van der Waals surface area contributed by atoms with Crippen LogP contribution in [0.4, 0.5) is 13.2 Å². The maximum absolute atomic E-state index is 14.8. The van der Waals surface area contributed by atoms with Gasteiger partial charge in [0.25, 0.3) is 0 Å². The number of aliphatic hydroxyl groups excluding tert-OH is 4. The smallest absolute Gasteiger partial charge is 0.242 e. The SMILES string of the molecule is OCc1cc(F)c(Cc2ccc(CC(F)F)cc2)c(O[C@@H]2O[C@H](CO)C[C@H](O)[C@H]2O)c1. The lowest BCUT2D eigenvalue weighted by Crippen LogP contribution is -2.51. The van der Waals surface area contributed by atoms with Gasteiger partial charge in [0.2, 0.25) is 12.7 Å². The third kappa shape index (κ3) is 5.96. The van der Waals surface area contributed by atoms with Crippen LogP contribution in [0.2, 0.25) is 0 Å². The van der Waals surface area contributed by atoms with Gasteiger partial charge in [-0.15, -0.1) is 0 Å². The Bertz CT molecular complexity index is 861. The van der Waals surface area contributed by atoms with E-state index >= 15 is 0 Å². The lowest BCUT2D eigenvalue weighted by molar-refractivity contribution is -0.240. The van der Waals surface area contributed by atoms with Crippen LogP contribution in [-0.2, 0) is 24.2 Å². The number of hydrogen-bond acceptors (Lipinski definition) is 6. The first-order chi connectivity index (χ1) is 14.8. The summed E-state index contributed by atoms with van der Waals surface area (Å²) in [6.07, 6.45) is -7.52. The molecule has 2 aromatic rings. The van der Waals surface area contributed by atoms with Gasteiger partial charge in [-0.25, -0.2) is 13.2 Å². The van der Waals surface area contributed by atoms with Crippen molar-refractivity contribution in [3.8, 4) is 5.75 Å². The van der Waals surface area contributed by atoms with E-state index in [4.69, 9.17) is 9.47 Å². The molecule has 6 nitrogen and oxygen atoms in total. The molecule has 1 aliphatic heterocycles. The maximum Gasteiger partial charge on any atom is 0.242 e. The van der Waals surface area contributed by atoms with Crippen molar-refractivity contribution in [2.45, 2.75) is 56.9 Å². The van der Waals surface area contributed by atoms with Gasteiger partial charge in [-0.3, -0.25) is 0 Å². The standard InChI is InChI=1S/C22H25F3O6/c23-17-6-14(10-26)7-19(31-22-21(29)18(28)9-15(11-27)30-22)16(17)5-12-1-3-13(4-2-12)8-20(24)25/h1-4,6-7,15,18,20-22,26-29H,5,8-11H2/t15-,18-,21+,22-/m0/s1. The van der Waals surface area contributed by atoms with E-state index in [0.29, 0.717) is 11.1 Å². The van der Waals surface area contributed by atoms with Gasteiger partial charge in [0.05, 0.1) is 25.4 Å². The zero-order chi connectivity index (χ0) is 22.5. The monoisotopic (exact) mass is 442 g/mol. The Morgan fingerprint density at radius 2 is 1.71 bits per heavy atom.